The fraction of sp³-hybridized carbons (Fsp3) is 0.583. The maximum Gasteiger partial charge on any atom is 4.00 e. The van der Waals surface area contributed by atoms with E-state index in [0.29, 0.717) is 0 Å². The van der Waals surface area contributed by atoms with Crippen LogP contribution in [0.15, 0.2) is 23.8 Å². The first kappa shape index (κ1) is 21.3. The van der Waals surface area contributed by atoms with E-state index in [0.717, 1.165) is 27.2 Å². The van der Waals surface area contributed by atoms with Crippen LogP contribution in [0.3, 0.4) is 0 Å². The van der Waals surface area contributed by atoms with Crippen LogP contribution in [0.5, 0.6) is 0 Å². The van der Waals surface area contributed by atoms with Gasteiger partial charge in [0.1, 0.15) is 0 Å². The molecule has 1 fully saturated rings. The van der Waals surface area contributed by atoms with E-state index in [1.807, 2.05) is 0 Å². The quantitative estimate of drug-likeness (QED) is 0.432. The van der Waals surface area contributed by atoms with Gasteiger partial charge in [-0.3, -0.25) is 0 Å². The average molecular weight is 260 g/mol. The van der Waals surface area contributed by atoms with Gasteiger partial charge in [0.25, 0.3) is 0 Å². The van der Waals surface area contributed by atoms with Crippen molar-refractivity contribution in [2.24, 2.45) is 5.92 Å². The number of rotatable bonds is 0. The molecule has 4 heteroatoms. The van der Waals surface area contributed by atoms with Crippen LogP contribution < -0.4 is 15.3 Å². The zero-order valence-electron chi connectivity index (χ0n) is 10.2. The van der Waals surface area contributed by atoms with Crippen LogP contribution in [-0.2, 0) is 21.7 Å². The molecule has 0 radical (unpaired) electrons. The molecule has 0 bridgehead atoms. The molecule has 1 saturated carbocycles. The largest absolute Gasteiger partial charge is 4.00 e. The molecule has 2 aliphatic carbocycles. The van der Waals surface area contributed by atoms with E-state index in [-0.39, 0.29) is 21.7 Å². The van der Waals surface area contributed by atoms with Gasteiger partial charge < -0.3 is 15.3 Å². The zero-order chi connectivity index (χ0) is 12.1. The summed E-state index contributed by atoms with van der Waals surface area (Å²) in [5.41, 5.74) is 1.58. The molecule has 2 rings (SSSR count). The van der Waals surface area contributed by atoms with Crippen LogP contribution >= 0.6 is 0 Å². The molecule has 0 amide bonds. The van der Waals surface area contributed by atoms with Crippen molar-refractivity contribution in [2.45, 2.75) is 19.3 Å². The van der Waals surface area contributed by atoms with Crippen molar-refractivity contribution in [1.29, 1.82) is 0 Å². The van der Waals surface area contributed by atoms with Crippen molar-refractivity contribution in [3.05, 3.63) is 30.2 Å². The van der Waals surface area contributed by atoms with E-state index in [2.05, 4.69) is 24.6 Å². The third-order valence-corrected chi connectivity index (χ3v) is 2.21. The fourth-order valence-electron chi connectivity index (χ4n) is 1.66. The second-order valence-electron chi connectivity index (χ2n) is 2.81. The molecule has 0 saturated heterocycles. The standard InChI is InChI=1S/C9H11.3CH3O.Ti/c1-2-5-9-7-3-6-8(9)4-1;3*1-2;/h1-2,4,6,9H,3,5,7H2;3*1H3;/q4*-1;+4. The number of hydrogen-bond donors (Lipinski definition) is 0. The van der Waals surface area contributed by atoms with E-state index in [1.54, 1.807) is 5.57 Å². The Morgan fingerprint density at radius 1 is 1.12 bits per heavy atom. The molecule has 0 aromatic heterocycles. The molecule has 0 N–H and O–H groups in total. The van der Waals surface area contributed by atoms with Crippen LogP contribution in [-0.4, -0.2) is 21.3 Å². The molecule has 0 aromatic carbocycles. The molecule has 0 aliphatic heterocycles. The Morgan fingerprint density at radius 2 is 1.69 bits per heavy atom. The predicted molar refractivity (Wildman–Crippen MR) is 56.6 cm³/mol. The second-order valence-corrected chi connectivity index (χ2v) is 2.81. The minimum atomic E-state index is 0. The Bertz CT molecular complexity index is 179. The van der Waals surface area contributed by atoms with Crippen LogP contribution in [0.1, 0.15) is 19.3 Å². The van der Waals surface area contributed by atoms with Gasteiger partial charge in [0.2, 0.25) is 0 Å². The van der Waals surface area contributed by atoms with Gasteiger partial charge >= 0.3 is 21.7 Å². The molecule has 0 spiro atoms. The van der Waals surface area contributed by atoms with Gasteiger partial charge in [-0.2, -0.15) is 21.3 Å². The third-order valence-electron chi connectivity index (χ3n) is 2.21. The Hall–Kier alpha value is -0.0557. The molecule has 1 unspecified atom stereocenters. The maximum atomic E-state index is 8.25. The van der Waals surface area contributed by atoms with E-state index in [4.69, 9.17) is 15.3 Å². The molecular weight excluding hydrogens is 240 g/mol. The second kappa shape index (κ2) is 17.3. The van der Waals surface area contributed by atoms with E-state index < -0.39 is 0 Å². The summed E-state index contributed by atoms with van der Waals surface area (Å²) in [6.07, 6.45) is 13.0. The molecule has 2 aliphatic rings. The van der Waals surface area contributed by atoms with Crippen molar-refractivity contribution in [3.8, 4) is 0 Å². The van der Waals surface area contributed by atoms with E-state index in [1.165, 1.54) is 19.3 Å². The summed E-state index contributed by atoms with van der Waals surface area (Å²) in [5.74, 6) is 0.884. The van der Waals surface area contributed by atoms with Crippen molar-refractivity contribution >= 4 is 0 Å². The van der Waals surface area contributed by atoms with Gasteiger partial charge in [-0.25, -0.2) is 18.1 Å². The number of hydrogen-bond acceptors (Lipinski definition) is 3. The number of fused-ring (bicyclic) bond motifs is 1. The molecule has 1 atom stereocenters. The van der Waals surface area contributed by atoms with Crippen molar-refractivity contribution in [2.75, 3.05) is 21.3 Å². The van der Waals surface area contributed by atoms with Crippen molar-refractivity contribution in [1.82, 2.24) is 0 Å². The summed E-state index contributed by atoms with van der Waals surface area (Å²) in [7, 11) is 2.25. The first-order chi connectivity index (χ1) is 7.47. The minimum Gasteiger partial charge on any atom is -0.857 e. The SMILES string of the molecule is C1=CCC2CC[CH-]C2=C1.C[O-].C[O-].C[O-].[Ti+4]. The molecule has 90 valence electrons. The third kappa shape index (κ3) is 8.14. The van der Waals surface area contributed by atoms with Crippen LogP contribution in [0.2, 0.25) is 0 Å². The molecule has 0 heterocycles. The Labute approximate surface area is 114 Å². The van der Waals surface area contributed by atoms with Gasteiger partial charge in [0.15, 0.2) is 0 Å². The van der Waals surface area contributed by atoms with E-state index in [9.17, 15) is 0 Å². The van der Waals surface area contributed by atoms with Gasteiger partial charge in [-0.05, 0) is 12.3 Å². The Kier molecular flexibility index (Phi) is 23.0. The average Bonchev–Trinajstić information content (AvgIpc) is 2.85. The molecule has 3 nitrogen and oxygen atoms in total. The first-order valence-corrected chi connectivity index (χ1v) is 4.89. The fourth-order valence-corrected chi connectivity index (χ4v) is 1.66. The Balaban J connectivity index is -0.000000214. The zero-order valence-corrected chi connectivity index (χ0v) is 11.8. The topological polar surface area (TPSA) is 69.2 Å². The minimum absolute atomic E-state index is 0. The van der Waals surface area contributed by atoms with Crippen molar-refractivity contribution in [3.63, 3.8) is 0 Å². The molecule has 0 aromatic rings. The maximum absolute atomic E-state index is 8.25. The van der Waals surface area contributed by atoms with Gasteiger partial charge in [-0.1, -0.05) is 6.42 Å². The summed E-state index contributed by atoms with van der Waals surface area (Å²) < 4.78 is 0. The normalized spacial score (nSPS) is 18.6. The monoisotopic (exact) mass is 260 g/mol. The smallest absolute Gasteiger partial charge is 0.857 e. The summed E-state index contributed by atoms with van der Waals surface area (Å²) in [6, 6.07) is 0. The molecular formula is C12H20O3Ti. The van der Waals surface area contributed by atoms with E-state index >= 15 is 0 Å². The van der Waals surface area contributed by atoms with Crippen LogP contribution in [0, 0.1) is 12.3 Å². The summed E-state index contributed by atoms with van der Waals surface area (Å²) in [6.45, 7) is 0. The first-order valence-electron chi connectivity index (χ1n) is 4.89. The van der Waals surface area contributed by atoms with Crippen LogP contribution in [0.25, 0.3) is 0 Å². The van der Waals surface area contributed by atoms with Gasteiger partial charge in [-0.15, -0.1) is 18.6 Å². The summed E-state index contributed by atoms with van der Waals surface area (Å²) in [5, 5.41) is 24.8. The number of allylic oxidation sites excluding steroid dienone is 4. The van der Waals surface area contributed by atoms with Crippen molar-refractivity contribution < 1.29 is 37.0 Å². The van der Waals surface area contributed by atoms with Crippen LogP contribution in [0.4, 0.5) is 0 Å². The molecule has 16 heavy (non-hydrogen) atoms. The Morgan fingerprint density at radius 3 is 2.19 bits per heavy atom. The van der Waals surface area contributed by atoms with Gasteiger partial charge in [0.05, 0.1) is 0 Å². The summed E-state index contributed by atoms with van der Waals surface area (Å²) in [4.78, 5) is 0. The predicted octanol–water partition coefficient (Wildman–Crippen LogP) is -0.586. The summed E-state index contributed by atoms with van der Waals surface area (Å²) >= 11 is 0. The van der Waals surface area contributed by atoms with Gasteiger partial charge in [0, 0.05) is 0 Å².